The molecule has 0 atom stereocenters. The van der Waals surface area contributed by atoms with Gasteiger partial charge in [0.2, 0.25) is 0 Å². The summed E-state index contributed by atoms with van der Waals surface area (Å²) < 4.78 is 1.15. The molecule has 0 amide bonds. The van der Waals surface area contributed by atoms with E-state index in [1.807, 2.05) is 6.07 Å². The molecule has 1 N–H and O–H groups in total. The van der Waals surface area contributed by atoms with Crippen LogP contribution in [0.3, 0.4) is 0 Å². The van der Waals surface area contributed by atoms with Crippen molar-refractivity contribution in [3.8, 4) is 0 Å². The van der Waals surface area contributed by atoms with Crippen LogP contribution in [0, 0.1) is 0 Å². The summed E-state index contributed by atoms with van der Waals surface area (Å²) in [4.78, 5) is 5.80. The normalized spacial score (nSPS) is 10.9. The van der Waals surface area contributed by atoms with Crippen LogP contribution in [-0.2, 0) is 0 Å². The number of para-hydroxylation sites is 1. The Kier molecular flexibility index (Phi) is 4.08. The molecule has 20 heavy (non-hydrogen) atoms. The van der Waals surface area contributed by atoms with Gasteiger partial charge in [0.1, 0.15) is 0 Å². The largest absolute Gasteiger partial charge is 0.330 e. The third-order valence-electron chi connectivity index (χ3n) is 2.77. The summed E-state index contributed by atoms with van der Waals surface area (Å²) in [6.07, 6.45) is 2.05. The summed E-state index contributed by atoms with van der Waals surface area (Å²) in [5, 5.41) is 5.31. The van der Waals surface area contributed by atoms with E-state index < -0.39 is 0 Å². The Morgan fingerprint density at radius 2 is 2.05 bits per heavy atom. The second-order valence-corrected chi connectivity index (χ2v) is 6.80. The lowest BCUT2D eigenvalue weighted by Crippen LogP contribution is -1.90. The zero-order chi connectivity index (χ0) is 14.1. The molecule has 0 aliphatic rings. The Bertz CT molecular complexity index is 771. The molecule has 2 nitrogen and oxygen atoms in total. The number of anilines is 2. The van der Waals surface area contributed by atoms with Gasteiger partial charge in [-0.2, -0.15) is 0 Å². The summed E-state index contributed by atoms with van der Waals surface area (Å²) in [6.45, 7) is 0. The number of hydrogen-bond acceptors (Lipinski definition) is 4. The molecule has 3 rings (SSSR count). The van der Waals surface area contributed by atoms with Crippen LogP contribution in [-0.4, -0.2) is 11.2 Å². The van der Waals surface area contributed by atoms with Crippen LogP contribution in [0.5, 0.6) is 0 Å². The van der Waals surface area contributed by atoms with Crippen molar-refractivity contribution in [1.29, 1.82) is 0 Å². The summed E-state index contributed by atoms with van der Waals surface area (Å²) >= 11 is 15.4. The molecule has 0 aliphatic carbocycles. The number of nitrogens with zero attached hydrogens (tertiary/aromatic N) is 1. The van der Waals surface area contributed by atoms with Gasteiger partial charge in [0, 0.05) is 9.92 Å². The van der Waals surface area contributed by atoms with Crippen molar-refractivity contribution in [2.75, 3.05) is 11.6 Å². The highest BCUT2D eigenvalue weighted by Crippen LogP contribution is 2.35. The lowest BCUT2D eigenvalue weighted by Gasteiger charge is -2.05. The van der Waals surface area contributed by atoms with Gasteiger partial charge in [0.05, 0.1) is 20.9 Å². The van der Waals surface area contributed by atoms with Crippen molar-refractivity contribution in [1.82, 2.24) is 4.98 Å². The van der Waals surface area contributed by atoms with Crippen LogP contribution in [0.4, 0.5) is 10.8 Å². The van der Waals surface area contributed by atoms with E-state index in [1.54, 1.807) is 41.3 Å². The Labute approximate surface area is 135 Å². The quantitative estimate of drug-likeness (QED) is 0.585. The number of thioether (sulfide) groups is 1. The van der Waals surface area contributed by atoms with E-state index >= 15 is 0 Å². The maximum absolute atomic E-state index is 6.15. The average molecular weight is 341 g/mol. The van der Waals surface area contributed by atoms with E-state index in [4.69, 9.17) is 23.2 Å². The highest BCUT2D eigenvalue weighted by atomic mass is 35.5. The zero-order valence-corrected chi connectivity index (χ0v) is 13.6. The van der Waals surface area contributed by atoms with Crippen molar-refractivity contribution >= 4 is 67.3 Å². The monoisotopic (exact) mass is 340 g/mol. The van der Waals surface area contributed by atoms with Crippen molar-refractivity contribution in [3.63, 3.8) is 0 Å². The summed E-state index contributed by atoms with van der Waals surface area (Å²) in [7, 11) is 0. The van der Waals surface area contributed by atoms with Gasteiger partial charge in [-0.3, -0.25) is 0 Å². The van der Waals surface area contributed by atoms with Crippen LogP contribution in [0.1, 0.15) is 0 Å². The topological polar surface area (TPSA) is 24.9 Å². The van der Waals surface area contributed by atoms with Crippen molar-refractivity contribution in [2.24, 2.45) is 0 Å². The molecule has 0 saturated carbocycles. The van der Waals surface area contributed by atoms with E-state index in [0.717, 1.165) is 21.0 Å². The van der Waals surface area contributed by atoms with Crippen LogP contribution in [0.2, 0.25) is 10.0 Å². The Morgan fingerprint density at radius 3 is 2.85 bits per heavy atom. The van der Waals surface area contributed by atoms with E-state index in [1.165, 1.54) is 4.90 Å². The minimum Gasteiger partial charge on any atom is -0.330 e. The molecular formula is C14H10Cl2N2S2. The molecule has 0 unspecified atom stereocenters. The first-order chi connectivity index (χ1) is 9.67. The Balaban J connectivity index is 2.01. The molecule has 3 aromatic rings. The molecule has 2 aromatic carbocycles. The minimum absolute atomic E-state index is 0.624. The lowest BCUT2D eigenvalue weighted by molar-refractivity contribution is 1.39. The number of hydrogen-bond donors (Lipinski definition) is 1. The number of aromatic nitrogens is 1. The third kappa shape index (κ3) is 2.74. The predicted molar refractivity (Wildman–Crippen MR) is 91.1 cm³/mol. The van der Waals surface area contributed by atoms with Gasteiger partial charge in [-0.15, -0.1) is 11.8 Å². The van der Waals surface area contributed by atoms with E-state index in [2.05, 4.69) is 28.7 Å². The molecule has 0 fully saturated rings. The Morgan fingerprint density at radius 1 is 1.20 bits per heavy atom. The smallest absolute Gasteiger partial charge is 0.188 e. The van der Waals surface area contributed by atoms with Gasteiger partial charge in [-0.25, -0.2) is 4.98 Å². The van der Waals surface area contributed by atoms with Crippen LogP contribution < -0.4 is 5.32 Å². The maximum atomic E-state index is 6.15. The first-order valence-corrected chi connectivity index (χ1v) is 8.63. The standard InChI is InChI=1S/C14H10Cl2N2S2/c1-19-11-3-2-4-12-13(11)18-14(20-12)17-10-7-8(15)5-6-9(10)16/h2-7H,1H3,(H,17,18). The molecule has 102 valence electrons. The van der Waals surface area contributed by atoms with Gasteiger partial charge >= 0.3 is 0 Å². The van der Waals surface area contributed by atoms with Crippen LogP contribution in [0.15, 0.2) is 41.3 Å². The number of halogens is 2. The van der Waals surface area contributed by atoms with E-state index in [-0.39, 0.29) is 0 Å². The van der Waals surface area contributed by atoms with Crippen LogP contribution >= 0.6 is 46.3 Å². The number of thiazole rings is 1. The SMILES string of the molecule is CSc1cccc2sc(Nc3cc(Cl)ccc3Cl)nc12. The van der Waals surface area contributed by atoms with Gasteiger partial charge in [0.15, 0.2) is 5.13 Å². The number of nitrogens with one attached hydrogen (secondary N) is 1. The fourth-order valence-corrected chi connectivity index (χ4v) is 3.72. The van der Waals surface area contributed by atoms with E-state index in [0.29, 0.717) is 10.0 Å². The molecule has 0 bridgehead atoms. The molecule has 1 aromatic heterocycles. The first kappa shape index (κ1) is 14.0. The van der Waals surface area contributed by atoms with Crippen LogP contribution in [0.25, 0.3) is 10.2 Å². The molecule has 1 heterocycles. The lowest BCUT2D eigenvalue weighted by atomic mass is 10.3. The zero-order valence-electron chi connectivity index (χ0n) is 10.5. The molecule has 0 saturated heterocycles. The minimum atomic E-state index is 0.624. The number of rotatable bonds is 3. The maximum Gasteiger partial charge on any atom is 0.188 e. The molecule has 0 aliphatic heterocycles. The third-order valence-corrected chi connectivity index (χ3v) is 5.04. The molecule has 6 heteroatoms. The predicted octanol–water partition coefficient (Wildman–Crippen LogP) is 6.07. The molecule has 0 radical (unpaired) electrons. The fourth-order valence-electron chi connectivity index (χ4n) is 1.85. The highest BCUT2D eigenvalue weighted by Gasteiger charge is 2.09. The molecule has 0 spiro atoms. The number of benzene rings is 2. The Hall–Kier alpha value is -0.940. The summed E-state index contributed by atoms with van der Waals surface area (Å²) in [5.74, 6) is 0. The number of fused-ring (bicyclic) bond motifs is 1. The van der Waals surface area contributed by atoms with Crippen molar-refractivity contribution in [3.05, 3.63) is 46.4 Å². The molecular weight excluding hydrogens is 331 g/mol. The van der Waals surface area contributed by atoms with Crippen molar-refractivity contribution < 1.29 is 0 Å². The first-order valence-electron chi connectivity index (χ1n) is 5.83. The van der Waals surface area contributed by atoms with Gasteiger partial charge in [0.25, 0.3) is 0 Å². The van der Waals surface area contributed by atoms with Gasteiger partial charge in [-0.1, -0.05) is 40.6 Å². The fraction of sp³-hybridized carbons (Fsp3) is 0.0714. The second-order valence-electron chi connectivity index (χ2n) is 4.08. The highest BCUT2D eigenvalue weighted by molar-refractivity contribution is 7.98. The average Bonchev–Trinajstić information content (AvgIpc) is 2.85. The van der Waals surface area contributed by atoms with Gasteiger partial charge < -0.3 is 5.32 Å². The second kappa shape index (κ2) is 5.82. The van der Waals surface area contributed by atoms with E-state index in [9.17, 15) is 0 Å². The summed E-state index contributed by atoms with van der Waals surface area (Å²) in [6, 6.07) is 11.5. The summed E-state index contributed by atoms with van der Waals surface area (Å²) in [5.41, 5.74) is 1.79. The van der Waals surface area contributed by atoms with Gasteiger partial charge in [-0.05, 0) is 36.6 Å². The van der Waals surface area contributed by atoms with Crippen molar-refractivity contribution in [2.45, 2.75) is 4.90 Å².